The molecule has 1 fully saturated rings. The number of carbonyl (C=O) groups excluding carboxylic acids is 2. The number of aliphatic hydroxyl groups is 1. The number of Topliss-reactive ketones (excluding diaryl/α,β-unsaturated/α-hetero) is 1. The minimum absolute atomic E-state index is 0.0233. The first-order valence-corrected chi connectivity index (χ1v) is 13.1. The standard InChI is InChI=1S/C30H27BrN2O6/c1-37-21-9-10-23-22(15-21)19(16-32-23)12-13-33-27(17-4-7-20(31)8-5-17)26(29(35)30(33)36)28(34)18-6-11-24(38-2)25(14-18)39-3/h4-11,14-16,27,32,34H,12-13H2,1-3H3/b28-26-. The molecule has 9 heteroatoms. The lowest BCUT2D eigenvalue weighted by Gasteiger charge is -2.25. The van der Waals surface area contributed by atoms with E-state index in [1.807, 2.05) is 48.7 Å². The normalized spacial score (nSPS) is 16.6. The average molecular weight is 591 g/mol. The Balaban J connectivity index is 1.56. The number of carbonyl (C=O) groups is 2. The molecule has 200 valence electrons. The molecule has 2 N–H and O–H groups in total. The highest BCUT2D eigenvalue weighted by molar-refractivity contribution is 9.10. The van der Waals surface area contributed by atoms with Gasteiger partial charge < -0.3 is 29.2 Å². The Morgan fingerprint density at radius 1 is 0.949 bits per heavy atom. The zero-order chi connectivity index (χ0) is 27.7. The molecule has 0 spiro atoms. The summed E-state index contributed by atoms with van der Waals surface area (Å²) in [5.74, 6) is -0.0756. The van der Waals surface area contributed by atoms with E-state index < -0.39 is 17.7 Å². The zero-order valence-corrected chi connectivity index (χ0v) is 23.2. The van der Waals surface area contributed by atoms with Gasteiger partial charge in [0.05, 0.1) is 32.9 Å². The van der Waals surface area contributed by atoms with Gasteiger partial charge in [-0.2, -0.15) is 0 Å². The van der Waals surface area contributed by atoms with Crippen LogP contribution in [0.15, 0.2) is 76.9 Å². The SMILES string of the molecule is COc1ccc2[nH]cc(CCN3C(=O)C(=O)/C(=C(\O)c4ccc(OC)c(OC)c4)C3c3ccc(Br)cc3)c2c1. The molecule has 1 aliphatic heterocycles. The number of methoxy groups -OCH3 is 3. The molecule has 4 aromatic rings. The van der Waals surface area contributed by atoms with E-state index in [9.17, 15) is 14.7 Å². The van der Waals surface area contributed by atoms with E-state index in [-0.39, 0.29) is 17.9 Å². The number of ketones is 1. The average Bonchev–Trinajstić information content (AvgIpc) is 3.48. The molecule has 1 amide bonds. The summed E-state index contributed by atoms with van der Waals surface area (Å²) in [5, 5.41) is 12.4. The molecule has 0 radical (unpaired) electrons. The Kier molecular flexibility index (Phi) is 7.34. The van der Waals surface area contributed by atoms with E-state index in [0.717, 1.165) is 26.7 Å². The van der Waals surface area contributed by atoms with Gasteiger partial charge in [0.25, 0.3) is 11.7 Å². The molecule has 5 rings (SSSR count). The number of aliphatic hydroxyl groups excluding tert-OH is 1. The van der Waals surface area contributed by atoms with Crippen LogP contribution in [0.5, 0.6) is 17.2 Å². The Bertz CT molecular complexity index is 1590. The molecular weight excluding hydrogens is 564 g/mol. The van der Waals surface area contributed by atoms with Gasteiger partial charge >= 0.3 is 0 Å². The van der Waals surface area contributed by atoms with Gasteiger partial charge in [-0.25, -0.2) is 0 Å². The second kappa shape index (κ2) is 10.9. The number of aromatic amines is 1. The maximum atomic E-state index is 13.4. The number of rotatable bonds is 8. The Labute approximate surface area is 233 Å². The zero-order valence-electron chi connectivity index (χ0n) is 21.7. The van der Waals surface area contributed by atoms with Crippen molar-refractivity contribution >= 4 is 44.3 Å². The molecule has 3 aromatic carbocycles. The van der Waals surface area contributed by atoms with Crippen molar-refractivity contribution in [2.45, 2.75) is 12.5 Å². The van der Waals surface area contributed by atoms with Crippen molar-refractivity contribution in [2.24, 2.45) is 0 Å². The number of ether oxygens (including phenoxy) is 3. The lowest BCUT2D eigenvalue weighted by Crippen LogP contribution is -2.31. The maximum absolute atomic E-state index is 13.4. The van der Waals surface area contributed by atoms with Crippen LogP contribution < -0.4 is 14.2 Å². The van der Waals surface area contributed by atoms with Gasteiger partial charge in [-0.1, -0.05) is 28.1 Å². The summed E-state index contributed by atoms with van der Waals surface area (Å²) < 4.78 is 16.9. The molecule has 0 bridgehead atoms. The van der Waals surface area contributed by atoms with E-state index in [2.05, 4.69) is 20.9 Å². The molecule has 1 atom stereocenters. The molecule has 1 unspecified atom stereocenters. The number of likely N-dealkylation sites (tertiary alicyclic amines) is 1. The van der Waals surface area contributed by atoms with Crippen LogP contribution in [0.4, 0.5) is 0 Å². The fourth-order valence-electron chi connectivity index (χ4n) is 4.97. The van der Waals surface area contributed by atoms with Crippen molar-refractivity contribution in [3.05, 3.63) is 93.6 Å². The number of fused-ring (bicyclic) bond motifs is 1. The second-order valence-corrected chi connectivity index (χ2v) is 10.0. The van der Waals surface area contributed by atoms with Gasteiger partial charge in [-0.15, -0.1) is 0 Å². The third-order valence-electron chi connectivity index (χ3n) is 6.98. The molecule has 1 saturated heterocycles. The molecule has 0 aliphatic carbocycles. The predicted octanol–water partition coefficient (Wildman–Crippen LogP) is 5.62. The number of nitrogens with one attached hydrogen (secondary N) is 1. The van der Waals surface area contributed by atoms with E-state index in [1.165, 1.54) is 19.1 Å². The lowest BCUT2D eigenvalue weighted by molar-refractivity contribution is -0.139. The minimum Gasteiger partial charge on any atom is -0.507 e. The monoisotopic (exact) mass is 590 g/mol. The number of nitrogens with zero attached hydrogens (tertiary/aromatic N) is 1. The molecule has 1 aliphatic rings. The van der Waals surface area contributed by atoms with Crippen LogP contribution in [0.2, 0.25) is 0 Å². The Hall–Kier alpha value is -4.24. The van der Waals surface area contributed by atoms with Gasteiger partial charge in [-0.3, -0.25) is 9.59 Å². The number of H-pyrrole nitrogens is 1. The largest absolute Gasteiger partial charge is 0.507 e. The molecule has 1 aromatic heterocycles. The van der Waals surface area contributed by atoms with E-state index >= 15 is 0 Å². The number of hydrogen-bond acceptors (Lipinski definition) is 6. The third kappa shape index (κ3) is 4.85. The van der Waals surface area contributed by atoms with E-state index in [0.29, 0.717) is 29.0 Å². The van der Waals surface area contributed by atoms with Crippen molar-refractivity contribution in [3.8, 4) is 17.2 Å². The third-order valence-corrected chi connectivity index (χ3v) is 7.51. The summed E-state index contributed by atoms with van der Waals surface area (Å²) in [4.78, 5) is 31.6. The van der Waals surface area contributed by atoms with Crippen LogP contribution in [0.3, 0.4) is 0 Å². The Morgan fingerprint density at radius 2 is 1.69 bits per heavy atom. The van der Waals surface area contributed by atoms with Crippen molar-refractivity contribution in [1.29, 1.82) is 0 Å². The summed E-state index contributed by atoms with van der Waals surface area (Å²) in [6.45, 7) is 0.262. The van der Waals surface area contributed by atoms with Crippen molar-refractivity contribution < 1.29 is 28.9 Å². The van der Waals surface area contributed by atoms with Crippen LogP contribution in [0.1, 0.15) is 22.7 Å². The second-order valence-electron chi connectivity index (χ2n) is 9.09. The van der Waals surface area contributed by atoms with Crippen LogP contribution in [0.25, 0.3) is 16.7 Å². The summed E-state index contributed by atoms with van der Waals surface area (Å²) in [6.07, 6.45) is 2.39. The maximum Gasteiger partial charge on any atom is 0.295 e. The molecular formula is C30H27BrN2O6. The van der Waals surface area contributed by atoms with Crippen molar-refractivity contribution in [2.75, 3.05) is 27.9 Å². The van der Waals surface area contributed by atoms with E-state index in [1.54, 1.807) is 25.3 Å². The Morgan fingerprint density at radius 3 is 2.38 bits per heavy atom. The van der Waals surface area contributed by atoms with Gasteiger partial charge in [0.15, 0.2) is 11.5 Å². The van der Waals surface area contributed by atoms with Gasteiger partial charge in [0.2, 0.25) is 0 Å². The van der Waals surface area contributed by atoms with Crippen LogP contribution in [-0.4, -0.2) is 54.6 Å². The number of aromatic nitrogens is 1. The number of halogens is 1. The molecule has 2 heterocycles. The van der Waals surface area contributed by atoms with Crippen molar-refractivity contribution in [3.63, 3.8) is 0 Å². The van der Waals surface area contributed by atoms with Crippen LogP contribution in [-0.2, 0) is 16.0 Å². The first-order valence-electron chi connectivity index (χ1n) is 12.3. The first-order chi connectivity index (χ1) is 18.9. The fourth-order valence-corrected chi connectivity index (χ4v) is 5.24. The smallest absolute Gasteiger partial charge is 0.295 e. The topological polar surface area (TPSA) is 101 Å². The van der Waals surface area contributed by atoms with Crippen LogP contribution >= 0.6 is 15.9 Å². The lowest BCUT2D eigenvalue weighted by atomic mass is 9.95. The van der Waals surface area contributed by atoms with Gasteiger partial charge in [0, 0.05) is 33.7 Å². The molecule has 0 saturated carbocycles. The predicted molar refractivity (Wildman–Crippen MR) is 151 cm³/mol. The van der Waals surface area contributed by atoms with Crippen LogP contribution in [0, 0.1) is 0 Å². The summed E-state index contributed by atoms with van der Waals surface area (Å²) in [5.41, 5.74) is 3.01. The highest BCUT2D eigenvalue weighted by atomic mass is 79.9. The quantitative estimate of drug-likeness (QED) is 0.157. The number of hydrogen-bond donors (Lipinski definition) is 2. The fraction of sp³-hybridized carbons (Fsp3) is 0.200. The minimum atomic E-state index is -0.772. The molecule has 8 nitrogen and oxygen atoms in total. The number of amides is 1. The summed E-state index contributed by atoms with van der Waals surface area (Å²) in [7, 11) is 4.62. The van der Waals surface area contributed by atoms with Gasteiger partial charge in [-0.05, 0) is 66.1 Å². The highest BCUT2D eigenvalue weighted by Crippen LogP contribution is 2.41. The first kappa shape index (κ1) is 26.4. The number of benzene rings is 3. The van der Waals surface area contributed by atoms with Crippen molar-refractivity contribution in [1.82, 2.24) is 9.88 Å². The molecule has 39 heavy (non-hydrogen) atoms. The summed E-state index contributed by atoms with van der Waals surface area (Å²) in [6, 6.07) is 17.2. The summed E-state index contributed by atoms with van der Waals surface area (Å²) >= 11 is 3.45. The van der Waals surface area contributed by atoms with E-state index in [4.69, 9.17) is 14.2 Å². The highest BCUT2D eigenvalue weighted by Gasteiger charge is 2.46. The van der Waals surface area contributed by atoms with Gasteiger partial charge in [0.1, 0.15) is 11.5 Å².